The quantitative estimate of drug-likeness (QED) is 0.611. The summed E-state index contributed by atoms with van der Waals surface area (Å²) in [6, 6.07) is 8.64. The summed E-state index contributed by atoms with van der Waals surface area (Å²) in [5.41, 5.74) is 2.42. The van der Waals surface area contributed by atoms with Crippen LogP contribution < -0.4 is 10.6 Å². The zero-order chi connectivity index (χ0) is 23.2. The second-order valence-electron chi connectivity index (χ2n) is 8.65. The normalized spacial score (nSPS) is 22.0. The van der Waals surface area contributed by atoms with Crippen molar-refractivity contribution in [3.8, 4) is 11.1 Å². The molecule has 11 heteroatoms. The number of hydrogen-bond donors (Lipinski definition) is 2. The van der Waals surface area contributed by atoms with Crippen molar-refractivity contribution in [1.29, 1.82) is 0 Å². The minimum Gasteiger partial charge on any atom is -0.317 e. The highest BCUT2D eigenvalue weighted by Crippen LogP contribution is 2.47. The number of fused-ring (bicyclic) bond motifs is 3. The number of piperidine rings is 1. The Bertz CT molecular complexity index is 1200. The number of sulfonamides is 1. The largest absolute Gasteiger partial charge is 0.317 e. The van der Waals surface area contributed by atoms with Gasteiger partial charge in [-0.25, -0.2) is 16.8 Å². The van der Waals surface area contributed by atoms with E-state index in [0.717, 1.165) is 0 Å². The summed E-state index contributed by atoms with van der Waals surface area (Å²) in [5, 5.41) is 9.12. The van der Waals surface area contributed by atoms with E-state index in [0.29, 0.717) is 74.4 Å². The first-order valence-electron chi connectivity index (χ1n) is 11.1. The first kappa shape index (κ1) is 22.6. The van der Waals surface area contributed by atoms with Crippen LogP contribution in [0.3, 0.4) is 0 Å². The second-order valence-corrected chi connectivity index (χ2v) is 12.8. The van der Waals surface area contributed by atoms with Gasteiger partial charge in [-0.3, -0.25) is 0 Å². The number of benzene rings is 2. The molecule has 2 aromatic carbocycles. The maximum Gasteiger partial charge on any atom is 0.243 e. The van der Waals surface area contributed by atoms with Crippen molar-refractivity contribution < 1.29 is 16.8 Å². The Morgan fingerprint density at radius 3 is 1.94 bits per heavy atom. The summed E-state index contributed by atoms with van der Waals surface area (Å²) in [7, 11) is -7.24. The molecule has 1 aliphatic carbocycles. The van der Waals surface area contributed by atoms with Crippen LogP contribution in [0.25, 0.3) is 11.1 Å². The summed E-state index contributed by atoms with van der Waals surface area (Å²) in [5.74, 6) is 0. The molecular formula is C22H26N4O5S2. The van der Waals surface area contributed by atoms with Crippen LogP contribution in [0, 0.1) is 4.91 Å². The highest BCUT2D eigenvalue weighted by atomic mass is 32.2. The van der Waals surface area contributed by atoms with Crippen molar-refractivity contribution in [1.82, 2.24) is 14.9 Å². The van der Waals surface area contributed by atoms with Gasteiger partial charge >= 0.3 is 0 Å². The van der Waals surface area contributed by atoms with Gasteiger partial charge in [0.05, 0.1) is 15.0 Å². The van der Waals surface area contributed by atoms with E-state index in [1.54, 1.807) is 30.3 Å². The average molecular weight is 491 g/mol. The molecule has 0 spiro atoms. The van der Waals surface area contributed by atoms with Crippen LogP contribution >= 0.6 is 0 Å². The van der Waals surface area contributed by atoms with E-state index < -0.39 is 31.2 Å². The molecule has 9 nitrogen and oxygen atoms in total. The van der Waals surface area contributed by atoms with Crippen molar-refractivity contribution in [3.05, 3.63) is 52.4 Å². The fraction of sp³-hybridized carbons (Fsp3) is 0.455. The Morgan fingerprint density at radius 1 is 0.788 bits per heavy atom. The number of piperazine rings is 1. The highest BCUT2D eigenvalue weighted by molar-refractivity contribution is 7.92. The number of hydrogen-bond acceptors (Lipinski definition) is 8. The van der Waals surface area contributed by atoms with E-state index in [2.05, 4.69) is 15.8 Å². The zero-order valence-electron chi connectivity index (χ0n) is 18.0. The van der Waals surface area contributed by atoms with Crippen molar-refractivity contribution in [3.63, 3.8) is 0 Å². The van der Waals surface area contributed by atoms with Gasteiger partial charge in [-0.2, -0.15) is 4.31 Å². The first-order valence-corrected chi connectivity index (χ1v) is 14.1. The Hall–Kier alpha value is -2.18. The molecule has 0 saturated carbocycles. The van der Waals surface area contributed by atoms with Gasteiger partial charge in [-0.1, -0.05) is 17.3 Å². The van der Waals surface area contributed by atoms with Gasteiger partial charge < -0.3 is 10.6 Å². The van der Waals surface area contributed by atoms with Crippen molar-refractivity contribution >= 4 is 19.9 Å². The lowest BCUT2D eigenvalue weighted by Gasteiger charge is -2.26. The molecule has 2 fully saturated rings. The first-order chi connectivity index (χ1) is 15.8. The Morgan fingerprint density at radius 2 is 1.33 bits per heavy atom. The van der Waals surface area contributed by atoms with Gasteiger partial charge in [-0.05, 0) is 72.5 Å². The molecular weight excluding hydrogens is 464 g/mol. The third-order valence-corrected chi connectivity index (χ3v) is 11.0. The molecule has 0 radical (unpaired) electrons. The fourth-order valence-corrected chi connectivity index (χ4v) is 8.24. The highest BCUT2D eigenvalue weighted by Gasteiger charge is 2.35. The molecule has 5 rings (SSSR count). The SMILES string of the molecule is O=NC1c2cc(S(=O)(=O)C3CCNCC3)ccc2-c2ccc(S(=O)(=O)N3CCNCC3)cc21. The van der Waals surface area contributed by atoms with E-state index in [-0.39, 0.29) is 9.79 Å². The second kappa shape index (κ2) is 8.55. The summed E-state index contributed by atoms with van der Waals surface area (Å²) in [4.78, 5) is 12.2. The fourth-order valence-electron chi connectivity index (χ4n) is 4.98. The van der Waals surface area contributed by atoms with Crippen LogP contribution in [0.1, 0.15) is 30.0 Å². The van der Waals surface area contributed by atoms with Crippen LogP contribution in [0.2, 0.25) is 0 Å². The van der Waals surface area contributed by atoms with Crippen LogP contribution in [-0.2, 0) is 19.9 Å². The number of nitrogens with one attached hydrogen (secondary N) is 2. The third-order valence-electron chi connectivity index (χ3n) is 6.80. The standard InChI is InChI=1S/C22H26N4O5S2/c27-25-22-20-13-16(32(28,29)15-5-7-23-8-6-15)1-3-18(20)19-4-2-17(14-21(19)22)33(30,31)26-11-9-24-10-12-26/h1-4,13-15,22-24H,5-12H2. The van der Waals surface area contributed by atoms with Crippen LogP contribution in [0.15, 0.2) is 51.4 Å². The Kier molecular flexibility index (Phi) is 5.86. The lowest BCUT2D eigenvalue weighted by molar-refractivity contribution is 0.360. The topological polar surface area (TPSA) is 125 Å². The molecule has 0 bridgehead atoms. The molecule has 2 saturated heterocycles. The van der Waals surface area contributed by atoms with Gasteiger partial charge in [-0.15, -0.1) is 4.91 Å². The minimum atomic E-state index is -3.70. The molecule has 33 heavy (non-hydrogen) atoms. The molecule has 0 aromatic heterocycles. The van der Waals surface area contributed by atoms with Gasteiger partial charge in [0.2, 0.25) is 10.0 Å². The number of nitroso groups, excluding NO2 is 1. The molecule has 176 valence electrons. The van der Waals surface area contributed by atoms with Crippen LogP contribution in [0.4, 0.5) is 0 Å². The lowest BCUT2D eigenvalue weighted by Crippen LogP contribution is -2.46. The van der Waals surface area contributed by atoms with Crippen LogP contribution in [0.5, 0.6) is 0 Å². The van der Waals surface area contributed by atoms with E-state index in [1.165, 1.54) is 10.4 Å². The summed E-state index contributed by atoms with van der Waals surface area (Å²) >= 11 is 0. The summed E-state index contributed by atoms with van der Waals surface area (Å²) in [6.45, 7) is 3.25. The van der Waals surface area contributed by atoms with Gasteiger partial charge in [0, 0.05) is 26.2 Å². The molecule has 1 atom stereocenters. The average Bonchev–Trinajstić information content (AvgIpc) is 3.17. The predicted octanol–water partition coefficient (Wildman–Crippen LogP) is 1.64. The smallest absolute Gasteiger partial charge is 0.243 e. The van der Waals surface area contributed by atoms with Gasteiger partial charge in [0.15, 0.2) is 9.84 Å². The Labute approximate surface area is 193 Å². The maximum absolute atomic E-state index is 13.2. The van der Waals surface area contributed by atoms with E-state index >= 15 is 0 Å². The third kappa shape index (κ3) is 3.81. The number of rotatable bonds is 5. The van der Waals surface area contributed by atoms with Crippen molar-refractivity contribution in [2.75, 3.05) is 39.3 Å². The molecule has 0 amide bonds. The maximum atomic E-state index is 13.2. The van der Waals surface area contributed by atoms with Gasteiger partial charge in [0.25, 0.3) is 0 Å². The van der Waals surface area contributed by atoms with E-state index in [4.69, 9.17) is 0 Å². The van der Waals surface area contributed by atoms with E-state index in [1.807, 2.05) is 0 Å². The summed E-state index contributed by atoms with van der Waals surface area (Å²) < 4.78 is 54.1. The minimum absolute atomic E-state index is 0.118. The number of sulfone groups is 1. The van der Waals surface area contributed by atoms with Gasteiger partial charge in [0.1, 0.15) is 6.04 Å². The molecule has 1 unspecified atom stereocenters. The molecule has 2 N–H and O–H groups in total. The lowest BCUT2D eigenvalue weighted by atomic mass is 10.1. The van der Waals surface area contributed by atoms with Crippen molar-refractivity contribution in [2.45, 2.75) is 33.9 Å². The monoisotopic (exact) mass is 490 g/mol. The Balaban J connectivity index is 1.52. The van der Waals surface area contributed by atoms with Crippen molar-refractivity contribution in [2.24, 2.45) is 5.18 Å². The molecule has 2 heterocycles. The summed E-state index contributed by atoms with van der Waals surface area (Å²) in [6.07, 6.45) is 1.09. The molecule has 3 aliphatic rings. The number of nitrogens with zero attached hydrogens (tertiary/aromatic N) is 2. The molecule has 2 aromatic rings. The molecule has 2 aliphatic heterocycles. The van der Waals surface area contributed by atoms with E-state index in [9.17, 15) is 21.7 Å². The zero-order valence-corrected chi connectivity index (χ0v) is 19.7. The predicted molar refractivity (Wildman–Crippen MR) is 124 cm³/mol. The van der Waals surface area contributed by atoms with Crippen LogP contribution in [-0.4, -0.2) is 65.7 Å².